The Kier molecular flexibility index (Phi) is 5.09. The predicted octanol–water partition coefficient (Wildman–Crippen LogP) is 1.14. The van der Waals surface area contributed by atoms with E-state index in [2.05, 4.69) is 24.1 Å². The highest BCUT2D eigenvalue weighted by molar-refractivity contribution is 5.78. The van der Waals surface area contributed by atoms with Crippen LogP contribution in [0.25, 0.3) is 0 Å². The Bertz CT molecular complexity index is 419. The molecular weight excluding hydrogens is 230 g/mol. The number of carbonyl (C=O) groups excluding carboxylic acids is 1. The number of nitrogens with two attached hydrogens (primary N) is 1. The first-order valence-corrected chi connectivity index (χ1v) is 6.06. The van der Waals surface area contributed by atoms with E-state index in [-0.39, 0.29) is 0 Å². The number of carbonyl (C=O) groups is 1. The summed E-state index contributed by atoms with van der Waals surface area (Å²) in [6.07, 6.45) is -0.660. The Morgan fingerprint density at radius 2 is 2.11 bits per heavy atom. The lowest BCUT2D eigenvalue weighted by Gasteiger charge is -2.16. The number of primary amides is 1. The van der Waals surface area contributed by atoms with Crippen LogP contribution in [-0.2, 0) is 11.3 Å². The molecule has 0 spiro atoms. The molecule has 0 aliphatic carbocycles. The number of pyridine rings is 1. The molecule has 1 unspecified atom stereocenters. The van der Waals surface area contributed by atoms with Crippen LogP contribution in [0.4, 0.5) is 0 Å². The summed E-state index contributed by atoms with van der Waals surface area (Å²) in [6.45, 7) is 8.26. The van der Waals surface area contributed by atoms with Crippen LogP contribution in [0.1, 0.15) is 32.2 Å². The summed E-state index contributed by atoms with van der Waals surface area (Å²) in [6, 6.07) is 4.02. The van der Waals surface area contributed by atoms with E-state index < -0.39 is 12.0 Å². The minimum absolute atomic E-state index is 0.355. The summed E-state index contributed by atoms with van der Waals surface area (Å²) in [7, 11) is 0. The van der Waals surface area contributed by atoms with Gasteiger partial charge in [0.2, 0.25) is 0 Å². The van der Waals surface area contributed by atoms with E-state index >= 15 is 0 Å². The Morgan fingerprint density at radius 3 is 2.67 bits per heavy atom. The fourth-order valence-corrected chi connectivity index (χ4v) is 1.38. The molecule has 100 valence electrons. The number of aromatic nitrogens is 1. The van der Waals surface area contributed by atoms with E-state index in [1.165, 1.54) is 0 Å². The molecule has 1 aromatic rings. The van der Waals surface area contributed by atoms with Crippen molar-refractivity contribution >= 4 is 5.91 Å². The highest BCUT2D eigenvalue weighted by Crippen LogP contribution is 2.18. The summed E-state index contributed by atoms with van der Waals surface area (Å²) in [5.41, 5.74) is 6.89. The zero-order valence-corrected chi connectivity index (χ0v) is 11.4. The number of hydrogen-bond donors (Lipinski definition) is 2. The van der Waals surface area contributed by atoms with Gasteiger partial charge in [0, 0.05) is 18.3 Å². The number of nitrogens with one attached hydrogen (secondary N) is 1. The maximum Gasteiger partial charge on any atom is 0.258 e. The lowest BCUT2D eigenvalue weighted by Crippen LogP contribution is -2.31. The molecule has 0 aliphatic heterocycles. The second-order valence-corrected chi connectivity index (χ2v) is 4.60. The first kappa shape index (κ1) is 14.4. The van der Waals surface area contributed by atoms with E-state index in [0.29, 0.717) is 18.3 Å². The molecule has 1 aromatic heterocycles. The third-order valence-electron chi connectivity index (χ3n) is 2.45. The van der Waals surface area contributed by atoms with Gasteiger partial charge in [0.25, 0.3) is 5.91 Å². The first-order chi connectivity index (χ1) is 8.40. The fourth-order valence-electron chi connectivity index (χ4n) is 1.38. The zero-order valence-electron chi connectivity index (χ0n) is 11.4. The van der Waals surface area contributed by atoms with Crippen LogP contribution in [0.5, 0.6) is 5.75 Å². The minimum Gasteiger partial charge on any atom is -0.479 e. The second kappa shape index (κ2) is 6.35. The zero-order chi connectivity index (χ0) is 13.7. The predicted molar refractivity (Wildman–Crippen MR) is 70.2 cm³/mol. The largest absolute Gasteiger partial charge is 0.479 e. The molecule has 0 aromatic carbocycles. The number of ether oxygens (including phenoxy) is 1. The van der Waals surface area contributed by atoms with Gasteiger partial charge in [-0.15, -0.1) is 0 Å². The Balaban J connectivity index is 2.85. The van der Waals surface area contributed by atoms with Gasteiger partial charge in [0.1, 0.15) is 5.75 Å². The van der Waals surface area contributed by atoms with Crippen molar-refractivity contribution in [3.8, 4) is 5.75 Å². The van der Waals surface area contributed by atoms with Gasteiger partial charge >= 0.3 is 0 Å². The lowest BCUT2D eigenvalue weighted by atomic mass is 10.2. The molecule has 5 nitrogen and oxygen atoms in total. The van der Waals surface area contributed by atoms with Crippen molar-refractivity contribution in [1.82, 2.24) is 10.3 Å². The molecular formula is C13H21N3O2. The Hall–Kier alpha value is -1.62. The molecule has 5 heteroatoms. The van der Waals surface area contributed by atoms with E-state index in [1.807, 2.05) is 19.1 Å². The molecule has 1 rings (SSSR count). The highest BCUT2D eigenvalue weighted by atomic mass is 16.5. The molecule has 1 amide bonds. The van der Waals surface area contributed by atoms with Crippen LogP contribution in [0.3, 0.4) is 0 Å². The number of aryl methyl sites for hydroxylation is 1. The molecule has 0 aliphatic rings. The van der Waals surface area contributed by atoms with Crippen molar-refractivity contribution < 1.29 is 9.53 Å². The van der Waals surface area contributed by atoms with Crippen LogP contribution < -0.4 is 15.8 Å². The molecule has 1 heterocycles. The van der Waals surface area contributed by atoms with Crippen molar-refractivity contribution in [1.29, 1.82) is 0 Å². The molecule has 0 saturated carbocycles. The summed E-state index contributed by atoms with van der Waals surface area (Å²) in [5.74, 6) is 0.110. The van der Waals surface area contributed by atoms with Crippen molar-refractivity contribution in [3.05, 3.63) is 23.5 Å². The molecule has 0 bridgehead atoms. The van der Waals surface area contributed by atoms with Crippen LogP contribution in [0, 0.1) is 6.92 Å². The molecule has 18 heavy (non-hydrogen) atoms. The number of rotatable bonds is 6. The summed E-state index contributed by atoms with van der Waals surface area (Å²) in [4.78, 5) is 15.4. The molecule has 1 atom stereocenters. The van der Waals surface area contributed by atoms with Crippen molar-refractivity contribution in [2.45, 2.75) is 46.4 Å². The lowest BCUT2D eigenvalue weighted by molar-refractivity contribution is -0.124. The quantitative estimate of drug-likeness (QED) is 0.795. The van der Waals surface area contributed by atoms with Crippen LogP contribution in [-0.4, -0.2) is 23.0 Å². The SMILES string of the molecule is Cc1ccc(OC(C)C(N)=O)c(CNC(C)C)n1. The monoisotopic (exact) mass is 251 g/mol. The van der Waals surface area contributed by atoms with Gasteiger partial charge in [-0.25, -0.2) is 0 Å². The van der Waals surface area contributed by atoms with E-state index in [9.17, 15) is 4.79 Å². The molecule has 3 N–H and O–H groups in total. The summed E-state index contributed by atoms with van der Waals surface area (Å²) < 4.78 is 5.52. The summed E-state index contributed by atoms with van der Waals surface area (Å²) in [5, 5.41) is 3.27. The Labute approximate surface area is 108 Å². The Morgan fingerprint density at radius 1 is 1.44 bits per heavy atom. The average Bonchev–Trinajstić information content (AvgIpc) is 2.29. The van der Waals surface area contributed by atoms with Gasteiger partial charge in [-0.05, 0) is 26.0 Å². The smallest absolute Gasteiger partial charge is 0.258 e. The number of nitrogens with zero attached hydrogens (tertiary/aromatic N) is 1. The van der Waals surface area contributed by atoms with Crippen LogP contribution >= 0.6 is 0 Å². The molecule has 0 radical (unpaired) electrons. The maximum atomic E-state index is 11.0. The average molecular weight is 251 g/mol. The van der Waals surface area contributed by atoms with Gasteiger partial charge in [-0.3, -0.25) is 9.78 Å². The second-order valence-electron chi connectivity index (χ2n) is 4.60. The maximum absolute atomic E-state index is 11.0. The van der Waals surface area contributed by atoms with E-state index in [4.69, 9.17) is 10.5 Å². The van der Waals surface area contributed by atoms with Crippen molar-refractivity contribution in [2.75, 3.05) is 0 Å². The van der Waals surface area contributed by atoms with E-state index in [1.54, 1.807) is 6.92 Å². The van der Waals surface area contributed by atoms with Crippen molar-refractivity contribution in [2.24, 2.45) is 5.73 Å². The van der Waals surface area contributed by atoms with Gasteiger partial charge in [0.05, 0.1) is 5.69 Å². The number of amides is 1. The van der Waals surface area contributed by atoms with E-state index in [0.717, 1.165) is 11.4 Å². The third kappa shape index (κ3) is 4.33. The van der Waals surface area contributed by atoms with Crippen molar-refractivity contribution in [3.63, 3.8) is 0 Å². The fraction of sp³-hybridized carbons (Fsp3) is 0.538. The summed E-state index contributed by atoms with van der Waals surface area (Å²) >= 11 is 0. The standard InChI is InChI=1S/C13H21N3O2/c1-8(2)15-7-11-12(6-5-9(3)16-11)18-10(4)13(14)17/h5-6,8,10,15H,7H2,1-4H3,(H2,14,17). The third-order valence-corrected chi connectivity index (χ3v) is 2.45. The number of hydrogen-bond acceptors (Lipinski definition) is 4. The van der Waals surface area contributed by atoms with Crippen LogP contribution in [0.15, 0.2) is 12.1 Å². The molecule has 0 fully saturated rings. The van der Waals surface area contributed by atoms with Gasteiger partial charge in [0.15, 0.2) is 6.10 Å². The van der Waals surface area contributed by atoms with Gasteiger partial charge in [-0.2, -0.15) is 0 Å². The normalized spacial score (nSPS) is 12.5. The minimum atomic E-state index is -0.660. The highest BCUT2D eigenvalue weighted by Gasteiger charge is 2.14. The van der Waals surface area contributed by atoms with Gasteiger partial charge < -0.3 is 15.8 Å². The van der Waals surface area contributed by atoms with Crippen LogP contribution in [0.2, 0.25) is 0 Å². The first-order valence-electron chi connectivity index (χ1n) is 6.06. The van der Waals surface area contributed by atoms with Gasteiger partial charge in [-0.1, -0.05) is 13.8 Å². The topological polar surface area (TPSA) is 77.2 Å². The molecule has 0 saturated heterocycles.